The van der Waals surface area contributed by atoms with Crippen molar-refractivity contribution < 1.29 is 24.3 Å². The van der Waals surface area contributed by atoms with Crippen LogP contribution in [0.4, 0.5) is 0 Å². The summed E-state index contributed by atoms with van der Waals surface area (Å²) in [6, 6.07) is -3.90. The number of unbranched alkanes of at least 4 members (excludes halogenated alkanes) is 1. The standard InChI is InChI=1S/C20H40N8O5S/c1-12(22)16(29)26-13(6-3-4-9-21)17(30)27-14(7-5-10-25-20(23)24)18(31)28-15(19(32)33)8-11-34-2/h12-15H,3-11,21-22H2,1-2H3,(H,26,29)(H,27,30)(H,28,31)(H,32,33)(H4,23,24,25). The number of carbonyl (C=O) groups excluding carboxylic acids is 3. The summed E-state index contributed by atoms with van der Waals surface area (Å²) >= 11 is 1.45. The van der Waals surface area contributed by atoms with Crippen molar-refractivity contribution in [2.45, 2.75) is 69.6 Å². The number of aliphatic imine (C=N–C) groups is 1. The Kier molecular flexibility index (Phi) is 16.5. The van der Waals surface area contributed by atoms with E-state index in [1.54, 1.807) is 0 Å². The molecular formula is C20H40N8O5S. The van der Waals surface area contributed by atoms with Crippen molar-refractivity contribution in [2.75, 3.05) is 25.1 Å². The fourth-order valence-corrected chi connectivity index (χ4v) is 3.35. The van der Waals surface area contributed by atoms with Crippen LogP contribution in [0.15, 0.2) is 4.99 Å². The van der Waals surface area contributed by atoms with E-state index in [2.05, 4.69) is 20.9 Å². The van der Waals surface area contributed by atoms with Crippen molar-refractivity contribution in [3.63, 3.8) is 0 Å². The van der Waals surface area contributed by atoms with Crippen LogP contribution < -0.4 is 38.9 Å². The maximum atomic E-state index is 13.0. The molecule has 0 aromatic carbocycles. The number of amides is 3. The average molecular weight is 505 g/mol. The largest absolute Gasteiger partial charge is 0.480 e. The lowest BCUT2D eigenvalue weighted by atomic mass is 10.1. The zero-order valence-corrected chi connectivity index (χ0v) is 20.7. The summed E-state index contributed by atoms with van der Waals surface area (Å²) in [5.41, 5.74) is 21.7. The molecule has 0 saturated heterocycles. The smallest absolute Gasteiger partial charge is 0.326 e. The van der Waals surface area contributed by atoms with Crippen molar-refractivity contribution in [1.29, 1.82) is 0 Å². The van der Waals surface area contributed by atoms with E-state index in [1.807, 2.05) is 6.26 Å². The van der Waals surface area contributed by atoms with Gasteiger partial charge in [-0.25, -0.2) is 4.79 Å². The van der Waals surface area contributed by atoms with Crippen molar-refractivity contribution >= 4 is 41.4 Å². The zero-order chi connectivity index (χ0) is 26.1. The predicted molar refractivity (Wildman–Crippen MR) is 133 cm³/mol. The molecule has 13 nitrogen and oxygen atoms in total. The minimum absolute atomic E-state index is 0.105. The van der Waals surface area contributed by atoms with Gasteiger partial charge in [-0.15, -0.1) is 0 Å². The Morgan fingerprint density at radius 2 is 1.41 bits per heavy atom. The number of rotatable bonds is 18. The molecule has 4 atom stereocenters. The normalized spacial score (nSPS) is 14.2. The second kappa shape index (κ2) is 17.8. The van der Waals surface area contributed by atoms with Gasteiger partial charge in [-0.1, -0.05) is 0 Å². The molecule has 0 aliphatic rings. The second-order valence-electron chi connectivity index (χ2n) is 7.83. The predicted octanol–water partition coefficient (Wildman–Crippen LogP) is -2.19. The third-order valence-corrected chi connectivity index (χ3v) is 5.44. The van der Waals surface area contributed by atoms with Crippen molar-refractivity contribution in [2.24, 2.45) is 27.9 Å². The van der Waals surface area contributed by atoms with Gasteiger partial charge in [0.15, 0.2) is 5.96 Å². The minimum atomic E-state index is -1.17. The average Bonchev–Trinajstić information content (AvgIpc) is 2.77. The lowest BCUT2D eigenvalue weighted by Gasteiger charge is -2.25. The number of guanidine groups is 1. The highest BCUT2D eigenvalue weighted by molar-refractivity contribution is 7.98. The summed E-state index contributed by atoms with van der Waals surface area (Å²) < 4.78 is 0. The quantitative estimate of drug-likeness (QED) is 0.0569. The van der Waals surface area contributed by atoms with Crippen molar-refractivity contribution in [3.05, 3.63) is 0 Å². The summed E-state index contributed by atoms with van der Waals surface area (Å²) in [4.78, 5) is 53.3. The van der Waals surface area contributed by atoms with E-state index in [9.17, 15) is 24.3 Å². The molecule has 0 radical (unpaired) electrons. The maximum Gasteiger partial charge on any atom is 0.326 e. The molecule has 0 aliphatic heterocycles. The van der Waals surface area contributed by atoms with Gasteiger partial charge >= 0.3 is 5.97 Å². The molecule has 3 amide bonds. The van der Waals surface area contributed by atoms with Gasteiger partial charge in [0.05, 0.1) is 6.04 Å². The number of hydrogen-bond acceptors (Lipinski definition) is 8. The van der Waals surface area contributed by atoms with Gasteiger partial charge in [0, 0.05) is 6.54 Å². The van der Waals surface area contributed by atoms with E-state index in [-0.39, 0.29) is 25.3 Å². The summed E-state index contributed by atoms with van der Waals surface area (Å²) in [6.45, 7) is 2.14. The molecule has 0 saturated carbocycles. The molecule has 0 heterocycles. The minimum Gasteiger partial charge on any atom is -0.480 e. The van der Waals surface area contributed by atoms with Crippen LogP contribution in [0.3, 0.4) is 0 Å². The SMILES string of the molecule is CSCCC(NC(=O)C(CCCN=C(N)N)NC(=O)C(CCCCN)NC(=O)C(C)N)C(=O)O. The van der Waals surface area contributed by atoms with E-state index in [0.717, 1.165) is 0 Å². The Morgan fingerprint density at radius 3 is 1.88 bits per heavy atom. The van der Waals surface area contributed by atoms with Gasteiger partial charge in [0.2, 0.25) is 17.7 Å². The topological polar surface area (TPSA) is 241 Å². The molecule has 0 spiro atoms. The number of nitrogens with one attached hydrogen (secondary N) is 3. The van der Waals surface area contributed by atoms with Crippen LogP contribution in [0, 0.1) is 0 Å². The van der Waals surface area contributed by atoms with Crippen molar-refractivity contribution in [1.82, 2.24) is 16.0 Å². The Morgan fingerprint density at radius 1 is 0.882 bits per heavy atom. The molecule has 196 valence electrons. The van der Waals surface area contributed by atoms with Crippen LogP contribution in [0.25, 0.3) is 0 Å². The molecule has 0 fully saturated rings. The van der Waals surface area contributed by atoms with Gasteiger partial charge in [-0.3, -0.25) is 19.4 Å². The van der Waals surface area contributed by atoms with Crippen molar-refractivity contribution in [3.8, 4) is 0 Å². The van der Waals surface area contributed by atoms with Crippen LogP contribution in [0.2, 0.25) is 0 Å². The van der Waals surface area contributed by atoms with E-state index in [4.69, 9.17) is 22.9 Å². The van der Waals surface area contributed by atoms with E-state index < -0.39 is 47.9 Å². The molecule has 0 aromatic rings. The number of carbonyl (C=O) groups is 4. The molecule has 34 heavy (non-hydrogen) atoms. The first-order chi connectivity index (χ1) is 16.0. The van der Waals surface area contributed by atoms with Crippen LogP contribution in [-0.4, -0.2) is 84.0 Å². The molecule has 12 N–H and O–H groups in total. The zero-order valence-electron chi connectivity index (χ0n) is 19.9. The van der Waals surface area contributed by atoms with E-state index >= 15 is 0 Å². The molecule has 0 rings (SSSR count). The second-order valence-corrected chi connectivity index (χ2v) is 8.81. The Hall–Kier alpha value is -2.58. The lowest BCUT2D eigenvalue weighted by Crippen LogP contribution is -2.57. The number of nitrogens with two attached hydrogens (primary N) is 4. The van der Waals surface area contributed by atoms with Gasteiger partial charge in [-0.05, 0) is 64.0 Å². The lowest BCUT2D eigenvalue weighted by molar-refractivity contribution is -0.142. The maximum absolute atomic E-state index is 13.0. The third kappa shape index (κ3) is 13.9. The molecule has 0 bridgehead atoms. The van der Waals surface area contributed by atoms with Gasteiger partial charge in [-0.2, -0.15) is 11.8 Å². The number of carboxylic acid groups (broad SMARTS) is 1. The molecule has 0 aromatic heterocycles. The number of aliphatic carboxylic acids is 1. The summed E-state index contributed by atoms with van der Waals surface area (Å²) in [6.07, 6.45) is 4.08. The Balaban J connectivity index is 5.49. The first-order valence-electron chi connectivity index (χ1n) is 11.2. The number of thioether (sulfide) groups is 1. The monoisotopic (exact) mass is 504 g/mol. The molecule has 14 heteroatoms. The van der Waals surface area contributed by atoms with Gasteiger partial charge in [0.25, 0.3) is 0 Å². The number of hydrogen-bond donors (Lipinski definition) is 8. The third-order valence-electron chi connectivity index (χ3n) is 4.80. The van der Waals surface area contributed by atoms with Crippen LogP contribution in [0.1, 0.15) is 45.4 Å². The highest BCUT2D eigenvalue weighted by Gasteiger charge is 2.29. The van der Waals surface area contributed by atoms with Crippen LogP contribution in [0.5, 0.6) is 0 Å². The van der Waals surface area contributed by atoms with E-state index in [1.165, 1.54) is 18.7 Å². The number of carboxylic acids is 1. The van der Waals surface area contributed by atoms with Gasteiger partial charge < -0.3 is 44.0 Å². The Bertz CT molecular complexity index is 688. The Labute approximate surface area is 204 Å². The summed E-state index contributed by atoms with van der Waals surface area (Å²) in [7, 11) is 0. The van der Waals surface area contributed by atoms with Crippen LogP contribution in [-0.2, 0) is 19.2 Å². The van der Waals surface area contributed by atoms with Gasteiger partial charge in [0.1, 0.15) is 18.1 Å². The highest BCUT2D eigenvalue weighted by atomic mass is 32.2. The molecular weight excluding hydrogens is 464 g/mol. The first kappa shape index (κ1) is 31.4. The summed E-state index contributed by atoms with van der Waals surface area (Å²) in [5.74, 6) is -2.48. The number of nitrogens with zero attached hydrogens (tertiary/aromatic N) is 1. The first-order valence-corrected chi connectivity index (χ1v) is 12.6. The fourth-order valence-electron chi connectivity index (χ4n) is 2.87. The van der Waals surface area contributed by atoms with E-state index in [0.29, 0.717) is 38.0 Å². The summed E-state index contributed by atoms with van der Waals surface area (Å²) in [5, 5.41) is 17.1. The fraction of sp³-hybridized carbons (Fsp3) is 0.750. The van der Waals surface area contributed by atoms with Crippen LogP contribution >= 0.6 is 11.8 Å². The highest BCUT2D eigenvalue weighted by Crippen LogP contribution is 2.07. The molecule has 4 unspecified atom stereocenters. The molecule has 0 aliphatic carbocycles.